The van der Waals surface area contributed by atoms with Crippen molar-refractivity contribution in [3.63, 3.8) is 0 Å². The van der Waals surface area contributed by atoms with Gasteiger partial charge in [-0.05, 0) is 92.7 Å². The fourth-order valence-corrected chi connectivity index (χ4v) is 9.57. The van der Waals surface area contributed by atoms with E-state index < -0.39 is 5.41 Å². The molecule has 10 rings (SSSR count). The van der Waals surface area contributed by atoms with Gasteiger partial charge in [-0.3, -0.25) is 0 Å². The molecule has 0 aromatic heterocycles. The molecule has 0 bridgehead atoms. The maximum atomic E-state index is 6.65. The molecular formula is C49H38O. The number of benzene rings is 7. The van der Waals surface area contributed by atoms with Crippen LogP contribution in [0.2, 0.25) is 0 Å². The minimum absolute atomic E-state index is 0.161. The third-order valence-electron chi connectivity index (χ3n) is 11.8. The van der Waals surface area contributed by atoms with Crippen molar-refractivity contribution in [1.29, 1.82) is 0 Å². The van der Waals surface area contributed by atoms with Gasteiger partial charge in [0.2, 0.25) is 0 Å². The molecule has 1 saturated carbocycles. The van der Waals surface area contributed by atoms with Gasteiger partial charge >= 0.3 is 0 Å². The van der Waals surface area contributed by atoms with Crippen molar-refractivity contribution < 1.29 is 4.74 Å². The van der Waals surface area contributed by atoms with Crippen LogP contribution in [-0.2, 0) is 10.8 Å². The minimum atomic E-state index is -0.528. The van der Waals surface area contributed by atoms with Crippen molar-refractivity contribution in [2.24, 2.45) is 0 Å². The van der Waals surface area contributed by atoms with E-state index in [0.29, 0.717) is 0 Å². The van der Waals surface area contributed by atoms with E-state index in [1.165, 1.54) is 82.2 Å². The van der Waals surface area contributed by atoms with E-state index in [4.69, 9.17) is 4.74 Å². The monoisotopic (exact) mass is 642 g/mol. The van der Waals surface area contributed by atoms with E-state index in [0.717, 1.165) is 22.6 Å². The molecular weight excluding hydrogens is 605 g/mol. The van der Waals surface area contributed by atoms with Crippen molar-refractivity contribution in [2.75, 3.05) is 0 Å². The Bertz CT molecular complexity index is 2320. The van der Waals surface area contributed by atoms with Gasteiger partial charge in [0.1, 0.15) is 11.5 Å². The molecule has 0 unspecified atom stereocenters. The second kappa shape index (κ2) is 11.5. The highest BCUT2D eigenvalue weighted by Crippen LogP contribution is 2.57. The zero-order valence-electron chi connectivity index (χ0n) is 28.1. The molecule has 1 fully saturated rings. The minimum Gasteiger partial charge on any atom is -0.457 e. The normalized spacial score (nSPS) is 16.1. The maximum Gasteiger partial charge on any atom is 0.132 e. The van der Waals surface area contributed by atoms with Crippen LogP contribution in [0.15, 0.2) is 170 Å². The number of fused-ring (bicyclic) bond motifs is 7. The van der Waals surface area contributed by atoms with Crippen LogP contribution in [0.3, 0.4) is 0 Å². The molecule has 1 spiro atoms. The van der Waals surface area contributed by atoms with Crippen LogP contribution in [0.4, 0.5) is 0 Å². The van der Waals surface area contributed by atoms with Gasteiger partial charge in [-0.15, -0.1) is 0 Å². The molecule has 0 saturated heterocycles. The second-order valence-electron chi connectivity index (χ2n) is 14.3. The summed E-state index contributed by atoms with van der Waals surface area (Å²) in [6.45, 7) is 0. The Morgan fingerprint density at radius 3 is 1.54 bits per heavy atom. The number of hydrogen-bond donors (Lipinski definition) is 0. The van der Waals surface area contributed by atoms with Gasteiger partial charge in [0.25, 0.3) is 0 Å². The van der Waals surface area contributed by atoms with Crippen molar-refractivity contribution >= 4 is 0 Å². The predicted octanol–water partition coefficient (Wildman–Crippen LogP) is 12.7. The molecule has 0 radical (unpaired) electrons. The van der Waals surface area contributed by atoms with Crippen molar-refractivity contribution in [3.05, 3.63) is 203 Å². The quantitative estimate of drug-likeness (QED) is 0.186. The number of para-hydroxylation sites is 1. The standard InChI is InChI=1S/C49H38O/c1-4-14-38(15-5-1)49(39-16-6-2-7-17-39)43-20-10-11-21-46(43)50-47-29-27-37(33-45(47)49)35-24-22-34(23-25-35)36-26-28-41-40-18-8-9-19-42(40)48(44(41)32-36)30-12-3-13-31-48/h1-2,4-11,14-29,32-33H,3,12-13,30-31H2. The molecule has 7 aromatic carbocycles. The highest BCUT2D eigenvalue weighted by molar-refractivity contribution is 5.84. The van der Waals surface area contributed by atoms with Crippen molar-refractivity contribution in [1.82, 2.24) is 0 Å². The molecule has 1 nitrogen and oxygen atoms in total. The molecule has 7 aromatic rings. The van der Waals surface area contributed by atoms with Gasteiger partial charge in [0, 0.05) is 16.5 Å². The van der Waals surface area contributed by atoms with Gasteiger partial charge < -0.3 is 4.74 Å². The number of ether oxygens (including phenoxy) is 1. The van der Waals surface area contributed by atoms with Crippen molar-refractivity contribution in [2.45, 2.75) is 42.9 Å². The summed E-state index contributed by atoms with van der Waals surface area (Å²) >= 11 is 0. The SMILES string of the molecule is c1ccc(C2(c3ccccc3)c3ccccc3Oc3ccc(-c4ccc(-c5ccc6c(c5)C5(CCCCC5)c5ccccc5-6)cc4)cc32)cc1. The lowest BCUT2D eigenvalue weighted by Gasteiger charge is -2.41. The van der Waals surface area contributed by atoms with Crippen LogP contribution in [0.1, 0.15) is 65.5 Å². The first kappa shape index (κ1) is 29.3. The summed E-state index contributed by atoms with van der Waals surface area (Å²) in [5, 5.41) is 0. The van der Waals surface area contributed by atoms with E-state index in [1.807, 2.05) is 0 Å². The zero-order chi connectivity index (χ0) is 33.1. The summed E-state index contributed by atoms with van der Waals surface area (Å²) in [5.74, 6) is 1.80. The fourth-order valence-electron chi connectivity index (χ4n) is 9.57. The molecule has 240 valence electrons. The first-order valence-corrected chi connectivity index (χ1v) is 18.1. The highest BCUT2D eigenvalue weighted by Gasteiger charge is 2.46. The van der Waals surface area contributed by atoms with E-state index in [-0.39, 0.29) is 5.41 Å². The molecule has 3 aliphatic rings. The summed E-state index contributed by atoms with van der Waals surface area (Å²) in [7, 11) is 0. The van der Waals surface area contributed by atoms with E-state index in [2.05, 4.69) is 170 Å². The summed E-state index contributed by atoms with van der Waals surface area (Å²) < 4.78 is 6.65. The smallest absolute Gasteiger partial charge is 0.132 e. The second-order valence-corrected chi connectivity index (χ2v) is 14.3. The van der Waals surface area contributed by atoms with Gasteiger partial charge in [-0.25, -0.2) is 0 Å². The lowest BCUT2D eigenvalue weighted by atomic mass is 9.63. The van der Waals surface area contributed by atoms with E-state index in [1.54, 1.807) is 5.56 Å². The Morgan fingerprint density at radius 1 is 0.360 bits per heavy atom. The molecule has 1 heterocycles. The first-order valence-electron chi connectivity index (χ1n) is 18.1. The lowest BCUT2D eigenvalue weighted by molar-refractivity contribution is 0.353. The molecule has 1 aliphatic heterocycles. The zero-order valence-corrected chi connectivity index (χ0v) is 28.1. The van der Waals surface area contributed by atoms with Crippen LogP contribution >= 0.6 is 0 Å². The summed E-state index contributed by atoms with van der Waals surface area (Å²) in [5.41, 5.74) is 15.3. The van der Waals surface area contributed by atoms with Crippen LogP contribution < -0.4 is 4.74 Å². The Hall–Kier alpha value is -5.66. The van der Waals surface area contributed by atoms with E-state index in [9.17, 15) is 0 Å². The predicted molar refractivity (Wildman–Crippen MR) is 205 cm³/mol. The maximum absolute atomic E-state index is 6.65. The van der Waals surface area contributed by atoms with Crippen LogP contribution in [0.25, 0.3) is 33.4 Å². The first-order chi connectivity index (χ1) is 24.8. The number of rotatable bonds is 4. The number of hydrogen-bond acceptors (Lipinski definition) is 1. The average molecular weight is 643 g/mol. The molecule has 0 atom stereocenters. The van der Waals surface area contributed by atoms with Crippen LogP contribution in [0, 0.1) is 0 Å². The Morgan fingerprint density at radius 2 is 0.860 bits per heavy atom. The fraction of sp³-hybridized carbons (Fsp3) is 0.143. The molecule has 2 aliphatic carbocycles. The largest absolute Gasteiger partial charge is 0.457 e. The summed E-state index contributed by atoms with van der Waals surface area (Å²) in [6, 6.07) is 62.6. The topological polar surface area (TPSA) is 9.23 Å². The Balaban J connectivity index is 1.08. The molecule has 50 heavy (non-hydrogen) atoms. The third-order valence-corrected chi connectivity index (χ3v) is 11.8. The Labute approximate surface area is 294 Å². The molecule has 0 N–H and O–H groups in total. The lowest BCUT2D eigenvalue weighted by Crippen LogP contribution is -2.34. The van der Waals surface area contributed by atoms with Gasteiger partial charge in [-0.2, -0.15) is 0 Å². The molecule has 0 amide bonds. The molecule has 1 heteroatoms. The Kier molecular flexibility index (Phi) is 6.71. The van der Waals surface area contributed by atoms with E-state index >= 15 is 0 Å². The van der Waals surface area contributed by atoms with Gasteiger partial charge in [0.15, 0.2) is 0 Å². The van der Waals surface area contributed by atoms with Gasteiger partial charge in [0.05, 0.1) is 5.41 Å². The summed E-state index contributed by atoms with van der Waals surface area (Å²) in [4.78, 5) is 0. The van der Waals surface area contributed by atoms with Gasteiger partial charge in [-0.1, -0.05) is 165 Å². The average Bonchev–Trinajstić information content (AvgIpc) is 3.45. The van der Waals surface area contributed by atoms with Crippen molar-refractivity contribution in [3.8, 4) is 44.9 Å². The van der Waals surface area contributed by atoms with Crippen LogP contribution in [0.5, 0.6) is 11.5 Å². The summed E-state index contributed by atoms with van der Waals surface area (Å²) in [6.07, 6.45) is 6.46. The third kappa shape index (κ3) is 4.26. The highest BCUT2D eigenvalue weighted by atomic mass is 16.5. The van der Waals surface area contributed by atoms with Crippen LogP contribution in [-0.4, -0.2) is 0 Å².